The van der Waals surface area contributed by atoms with E-state index in [0.29, 0.717) is 5.69 Å². The number of hydrogen-bond acceptors (Lipinski definition) is 5. The number of aromatic nitrogens is 2. The van der Waals surface area contributed by atoms with Crippen LogP contribution in [0.15, 0.2) is 30.5 Å². The Morgan fingerprint density at radius 2 is 2.14 bits per heavy atom. The van der Waals surface area contributed by atoms with Crippen LogP contribution < -0.4 is 5.32 Å². The maximum absolute atomic E-state index is 12.1. The SMILES string of the molecule is Cc1c([N+](=O)[O-])cnn1C(C)C(=O)Nc1ccccc1O. The molecule has 0 aliphatic heterocycles. The van der Waals surface area contributed by atoms with Crippen LogP contribution in [0, 0.1) is 17.0 Å². The fourth-order valence-electron chi connectivity index (χ4n) is 1.91. The first-order valence-corrected chi connectivity index (χ1v) is 6.19. The molecule has 0 aliphatic rings. The molecule has 8 nitrogen and oxygen atoms in total. The molecular weight excluding hydrogens is 276 g/mol. The number of phenolic OH excluding ortho intramolecular Hbond substituents is 1. The summed E-state index contributed by atoms with van der Waals surface area (Å²) in [6.45, 7) is 3.09. The Labute approximate surface area is 120 Å². The van der Waals surface area contributed by atoms with Gasteiger partial charge in [-0.1, -0.05) is 12.1 Å². The van der Waals surface area contributed by atoms with Crippen LogP contribution in [0.25, 0.3) is 0 Å². The Morgan fingerprint density at radius 1 is 1.48 bits per heavy atom. The Morgan fingerprint density at radius 3 is 2.71 bits per heavy atom. The second kappa shape index (κ2) is 5.61. The third-order valence-corrected chi connectivity index (χ3v) is 3.12. The van der Waals surface area contributed by atoms with Crippen LogP contribution in [0.2, 0.25) is 0 Å². The number of carbonyl (C=O) groups excluding carboxylic acids is 1. The normalized spacial score (nSPS) is 11.9. The lowest BCUT2D eigenvalue weighted by Gasteiger charge is -2.14. The number of benzene rings is 1. The van der Waals surface area contributed by atoms with E-state index >= 15 is 0 Å². The molecule has 110 valence electrons. The number of nitrogens with one attached hydrogen (secondary N) is 1. The van der Waals surface area contributed by atoms with Gasteiger partial charge >= 0.3 is 5.69 Å². The second-order valence-corrected chi connectivity index (χ2v) is 4.50. The first-order valence-electron chi connectivity index (χ1n) is 6.19. The summed E-state index contributed by atoms with van der Waals surface area (Å²) in [6, 6.07) is 5.56. The Hall–Kier alpha value is -2.90. The van der Waals surface area contributed by atoms with Gasteiger partial charge in [-0.25, -0.2) is 0 Å². The number of phenols is 1. The van der Waals surface area contributed by atoms with E-state index in [2.05, 4.69) is 10.4 Å². The molecule has 0 fully saturated rings. The monoisotopic (exact) mass is 290 g/mol. The van der Waals surface area contributed by atoms with Gasteiger partial charge in [0.1, 0.15) is 23.7 Å². The van der Waals surface area contributed by atoms with Crippen LogP contribution in [0.4, 0.5) is 11.4 Å². The van der Waals surface area contributed by atoms with Crippen LogP contribution in [0.5, 0.6) is 5.75 Å². The van der Waals surface area contributed by atoms with Crippen LogP contribution in [-0.2, 0) is 4.79 Å². The molecule has 1 unspecified atom stereocenters. The van der Waals surface area contributed by atoms with Gasteiger partial charge in [0.15, 0.2) is 0 Å². The molecule has 8 heteroatoms. The molecule has 0 saturated carbocycles. The highest BCUT2D eigenvalue weighted by Crippen LogP contribution is 2.24. The van der Waals surface area contributed by atoms with Crippen LogP contribution in [0.3, 0.4) is 0 Å². The predicted octanol–water partition coefficient (Wildman–Crippen LogP) is 2.01. The van der Waals surface area contributed by atoms with E-state index in [0.717, 1.165) is 6.20 Å². The summed E-state index contributed by atoms with van der Waals surface area (Å²) < 4.78 is 1.27. The number of rotatable bonds is 4. The highest BCUT2D eigenvalue weighted by molar-refractivity contribution is 5.94. The first-order chi connectivity index (χ1) is 9.91. The molecule has 0 spiro atoms. The van der Waals surface area contributed by atoms with Crippen molar-refractivity contribution in [3.05, 3.63) is 46.3 Å². The van der Waals surface area contributed by atoms with Gasteiger partial charge in [-0.2, -0.15) is 5.10 Å². The van der Waals surface area contributed by atoms with Gasteiger partial charge in [0.05, 0.1) is 10.6 Å². The van der Waals surface area contributed by atoms with Crippen molar-refractivity contribution < 1.29 is 14.8 Å². The average molecular weight is 290 g/mol. The Balaban J connectivity index is 2.20. The first kappa shape index (κ1) is 14.5. The van der Waals surface area contributed by atoms with Crippen molar-refractivity contribution in [1.29, 1.82) is 0 Å². The fraction of sp³-hybridized carbons (Fsp3) is 0.231. The average Bonchev–Trinajstić information content (AvgIpc) is 2.82. The lowest BCUT2D eigenvalue weighted by molar-refractivity contribution is -0.385. The molecule has 1 aromatic carbocycles. The molecule has 2 N–H and O–H groups in total. The standard InChI is InChI=1S/C13H14N4O4/c1-8-11(17(20)21)7-14-16(8)9(2)13(19)15-10-5-3-4-6-12(10)18/h3-7,9,18H,1-2H3,(H,15,19). The van der Waals surface area contributed by atoms with Crippen molar-refractivity contribution in [2.24, 2.45) is 0 Å². The van der Waals surface area contributed by atoms with E-state index in [1.807, 2.05) is 0 Å². The summed E-state index contributed by atoms with van der Waals surface area (Å²) >= 11 is 0. The molecule has 0 radical (unpaired) electrons. The van der Waals surface area contributed by atoms with Gasteiger partial charge in [0.2, 0.25) is 5.91 Å². The number of nitro groups is 1. The summed E-state index contributed by atoms with van der Waals surface area (Å²) in [5.74, 6) is -0.487. The molecule has 1 atom stereocenters. The smallest absolute Gasteiger partial charge is 0.309 e. The zero-order chi connectivity index (χ0) is 15.6. The number of carbonyl (C=O) groups is 1. The minimum absolute atomic E-state index is 0.0544. The van der Waals surface area contributed by atoms with Gasteiger partial charge < -0.3 is 10.4 Å². The lowest BCUT2D eigenvalue weighted by atomic mass is 10.2. The van der Waals surface area contributed by atoms with Gasteiger partial charge in [-0.15, -0.1) is 0 Å². The summed E-state index contributed by atoms with van der Waals surface area (Å²) in [5.41, 5.74) is 0.422. The molecule has 2 rings (SSSR count). The van der Waals surface area contributed by atoms with Crippen molar-refractivity contribution in [3.63, 3.8) is 0 Å². The topological polar surface area (TPSA) is 110 Å². The van der Waals surface area contributed by atoms with Gasteiger partial charge in [-0.05, 0) is 26.0 Å². The highest BCUT2D eigenvalue weighted by atomic mass is 16.6. The molecule has 1 amide bonds. The van der Waals surface area contributed by atoms with E-state index in [1.165, 1.54) is 17.7 Å². The minimum Gasteiger partial charge on any atom is -0.506 e. The third-order valence-electron chi connectivity index (χ3n) is 3.12. The van der Waals surface area contributed by atoms with E-state index in [1.54, 1.807) is 25.1 Å². The van der Waals surface area contributed by atoms with Crippen LogP contribution >= 0.6 is 0 Å². The van der Waals surface area contributed by atoms with Crippen molar-refractivity contribution in [1.82, 2.24) is 9.78 Å². The van der Waals surface area contributed by atoms with Gasteiger partial charge in [0.25, 0.3) is 0 Å². The van der Waals surface area contributed by atoms with Gasteiger partial charge in [-0.3, -0.25) is 19.6 Å². The lowest BCUT2D eigenvalue weighted by Crippen LogP contribution is -2.25. The maximum Gasteiger partial charge on any atom is 0.309 e. The zero-order valence-corrected chi connectivity index (χ0v) is 11.5. The van der Waals surface area contributed by atoms with Crippen molar-refractivity contribution >= 4 is 17.3 Å². The van der Waals surface area contributed by atoms with Gasteiger partial charge in [0, 0.05) is 0 Å². The fourth-order valence-corrected chi connectivity index (χ4v) is 1.91. The maximum atomic E-state index is 12.1. The molecule has 21 heavy (non-hydrogen) atoms. The predicted molar refractivity (Wildman–Crippen MR) is 75.1 cm³/mol. The Bertz CT molecular complexity index is 695. The number of hydrogen-bond donors (Lipinski definition) is 2. The van der Waals surface area contributed by atoms with E-state index in [-0.39, 0.29) is 17.1 Å². The molecule has 0 saturated heterocycles. The number of nitrogens with zero attached hydrogens (tertiary/aromatic N) is 3. The number of anilines is 1. The number of amides is 1. The summed E-state index contributed by atoms with van der Waals surface area (Å²) in [7, 11) is 0. The largest absolute Gasteiger partial charge is 0.506 e. The van der Waals surface area contributed by atoms with E-state index in [4.69, 9.17) is 0 Å². The number of para-hydroxylation sites is 2. The zero-order valence-electron chi connectivity index (χ0n) is 11.5. The summed E-state index contributed by atoms with van der Waals surface area (Å²) in [6.07, 6.45) is 1.11. The van der Waals surface area contributed by atoms with Crippen molar-refractivity contribution in [2.45, 2.75) is 19.9 Å². The summed E-state index contributed by atoms with van der Waals surface area (Å²) in [4.78, 5) is 22.4. The summed E-state index contributed by atoms with van der Waals surface area (Å²) in [5, 5.41) is 26.8. The van der Waals surface area contributed by atoms with E-state index in [9.17, 15) is 20.0 Å². The molecular formula is C13H14N4O4. The van der Waals surface area contributed by atoms with Crippen molar-refractivity contribution in [2.75, 3.05) is 5.32 Å². The molecule has 2 aromatic rings. The second-order valence-electron chi connectivity index (χ2n) is 4.50. The van der Waals surface area contributed by atoms with Crippen LogP contribution in [0.1, 0.15) is 18.7 Å². The highest BCUT2D eigenvalue weighted by Gasteiger charge is 2.24. The molecule has 0 bridgehead atoms. The molecule has 1 heterocycles. The number of aromatic hydroxyl groups is 1. The minimum atomic E-state index is -0.752. The van der Waals surface area contributed by atoms with Crippen LogP contribution in [-0.4, -0.2) is 25.7 Å². The van der Waals surface area contributed by atoms with Crippen molar-refractivity contribution in [3.8, 4) is 5.75 Å². The van der Waals surface area contributed by atoms with E-state index < -0.39 is 16.9 Å². The quantitative estimate of drug-likeness (QED) is 0.508. The molecule has 0 aliphatic carbocycles. The Kier molecular flexibility index (Phi) is 3.88. The molecule has 1 aromatic heterocycles. The third kappa shape index (κ3) is 2.83.